The molecule has 48 heavy (non-hydrogen) atoms. The third-order valence-electron chi connectivity index (χ3n) is 9.27. The first-order chi connectivity index (χ1) is 22.7. The van der Waals surface area contributed by atoms with Crippen molar-refractivity contribution in [3.05, 3.63) is 77.4 Å². The van der Waals surface area contributed by atoms with E-state index in [0.29, 0.717) is 6.42 Å². The summed E-state index contributed by atoms with van der Waals surface area (Å²) in [4.78, 5) is 27.2. The number of methoxy groups -OCH3 is 1. The lowest BCUT2D eigenvalue weighted by Gasteiger charge is -2.31. The molecule has 0 radical (unpaired) electrons. The third kappa shape index (κ3) is 7.94. The van der Waals surface area contributed by atoms with E-state index in [2.05, 4.69) is 10.6 Å². The second kappa shape index (κ2) is 14.4. The van der Waals surface area contributed by atoms with E-state index in [1.54, 1.807) is 0 Å². The minimum absolute atomic E-state index is 0.0155. The van der Waals surface area contributed by atoms with Gasteiger partial charge in [0.2, 0.25) is 5.91 Å². The number of hydrogen-bond donors (Lipinski definition) is 5. The van der Waals surface area contributed by atoms with E-state index in [9.17, 15) is 33.0 Å². The van der Waals surface area contributed by atoms with Gasteiger partial charge in [0.05, 0.1) is 37.3 Å². The van der Waals surface area contributed by atoms with E-state index >= 15 is 8.78 Å². The fourth-order valence-corrected chi connectivity index (χ4v) is 7.33. The van der Waals surface area contributed by atoms with Crippen LogP contribution >= 0.6 is 11.8 Å². The van der Waals surface area contributed by atoms with Gasteiger partial charge in [0.1, 0.15) is 17.4 Å². The van der Waals surface area contributed by atoms with Crippen molar-refractivity contribution in [3.8, 4) is 16.9 Å². The number of aryl methyl sites for hydroxylation is 1. The molecule has 0 aromatic heterocycles. The Balaban J connectivity index is 1.35. The lowest BCUT2D eigenvalue weighted by atomic mass is 9.83. The van der Waals surface area contributed by atoms with Crippen LogP contribution in [0.2, 0.25) is 0 Å². The molecule has 258 valence electrons. The Morgan fingerprint density at radius 2 is 1.73 bits per heavy atom. The zero-order valence-electron chi connectivity index (χ0n) is 25.9. The van der Waals surface area contributed by atoms with E-state index in [4.69, 9.17) is 10.5 Å². The number of carbonyl (C=O) groups excluding carboxylic acids is 2. The standard InChI is InChI=1S/C34H36F5N3O5S/c1-47-28-15-27(36)24(19-6-5-18(26(35)12-19)9-10-33(40,16-43)17-44)14-25(28)31(45)42-30-21-8-7-20(11-21)29(30)32(46)41-22-3-2-4-23(13-22)48-34(37,38)39/h2-6,12-15,20-21,29-30,43-44H,7-11,16-17,40H2,1H3,(H,41,46)(H,42,45). The predicted molar refractivity (Wildman–Crippen MR) is 170 cm³/mol. The van der Waals surface area contributed by atoms with Crippen molar-refractivity contribution < 1.29 is 46.5 Å². The molecule has 0 spiro atoms. The number of amides is 2. The molecule has 2 bridgehead atoms. The monoisotopic (exact) mass is 693 g/mol. The van der Waals surface area contributed by atoms with Gasteiger partial charge in [-0.1, -0.05) is 18.2 Å². The normalized spacial score (nSPS) is 20.5. The number of benzene rings is 3. The number of aliphatic hydroxyl groups excluding tert-OH is 2. The van der Waals surface area contributed by atoms with Crippen molar-refractivity contribution in [1.82, 2.24) is 5.32 Å². The molecular weight excluding hydrogens is 657 g/mol. The van der Waals surface area contributed by atoms with Crippen LogP contribution in [0, 0.1) is 29.4 Å². The summed E-state index contributed by atoms with van der Waals surface area (Å²) in [7, 11) is 1.27. The minimum atomic E-state index is -4.48. The van der Waals surface area contributed by atoms with Crippen molar-refractivity contribution in [2.24, 2.45) is 23.5 Å². The van der Waals surface area contributed by atoms with Gasteiger partial charge in [-0.3, -0.25) is 9.59 Å². The molecule has 3 aromatic rings. The molecule has 0 aliphatic heterocycles. The van der Waals surface area contributed by atoms with Gasteiger partial charge < -0.3 is 31.3 Å². The molecule has 3 aromatic carbocycles. The summed E-state index contributed by atoms with van der Waals surface area (Å²) >= 11 is -0.286. The molecule has 2 fully saturated rings. The number of rotatable bonds is 12. The maximum Gasteiger partial charge on any atom is 0.446 e. The number of nitrogens with two attached hydrogens (primary N) is 1. The summed E-state index contributed by atoms with van der Waals surface area (Å²) in [5.41, 5.74) is 0.623. The molecule has 14 heteroatoms. The second-order valence-corrected chi connectivity index (χ2v) is 13.6. The second-order valence-electron chi connectivity index (χ2n) is 12.4. The van der Waals surface area contributed by atoms with Crippen LogP contribution in [0.15, 0.2) is 59.5 Å². The smallest absolute Gasteiger partial charge is 0.446 e. The summed E-state index contributed by atoms with van der Waals surface area (Å²) in [5.74, 6) is -3.25. The van der Waals surface area contributed by atoms with E-state index in [1.165, 1.54) is 49.6 Å². The van der Waals surface area contributed by atoms with Crippen molar-refractivity contribution in [2.75, 3.05) is 25.6 Å². The number of carbonyl (C=O) groups is 2. The fourth-order valence-electron chi connectivity index (χ4n) is 6.73. The molecule has 8 nitrogen and oxygen atoms in total. The van der Waals surface area contributed by atoms with Gasteiger partial charge >= 0.3 is 5.51 Å². The topological polar surface area (TPSA) is 134 Å². The highest BCUT2D eigenvalue weighted by Crippen LogP contribution is 2.49. The summed E-state index contributed by atoms with van der Waals surface area (Å²) in [6.07, 6.45) is 2.43. The first kappa shape index (κ1) is 35.6. The summed E-state index contributed by atoms with van der Waals surface area (Å²) in [6, 6.07) is 11.2. The number of ether oxygens (including phenoxy) is 1. The number of halogens is 5. The van der Waals surface area contributed by atoms with E-state index < -0.39 is 59.7 Å². The third-order valence-corrected chi connectivity index (χ3v) is 9.99. The zero-order chi connectivity index (χ0) is 34.8. The van der Waals surface area contributed by atoms with Crippen molar-refractivity contribution >= 4 is 29.3 Å². The first-order valence-corrected chi connectivity index (χ1v) is 16.2. The maximum atomic E-state index is 15.3. The molecule has 2 amide bonds. The Kier molecular flexibility index (Phi) is 10.7. The Morgan fingerprint density at radius 3 is 2.40 bits per heavy atom. The molecule has 2 saturated carbocycles. The van der Waals surface area contributed by atoms with Crippen molar-refractivity contribution in [2.45, 2.75) is 54.1 Å². The molecular formula is C34H36F5N3O5S. The quantitative estimate of drug-likeness (QED) is 0.122. The highest BCUT2D eigenvalue weighted by atomic mass is 32.2. The van der Waals surface area contributed by atoms with Crippen LogP contribution < -0.4 is 21.1 Å². The van der Waals surface area contributed by atoms with Crippen LogP contribution in [0.4, 0.5) is 27.6 Å². The number of anilines is 1. The summed E-state index contributed by atoms with van der Waals surface area (Å²) in [6.45, 7) is -0.978. The van der Waals surface area contributed by atoms with Crippen LogP contribution in [0.1, 0.15) is 41.6 Å². The number of alkyl halides is 3. The van der Waals surface area contributed by atoms with Crippen LogP contribution in [0.25, 0.3) is 11.1 Å². The minimum Gasteiger partial charge on any atom is -0.496 e. The van der Waals surface area contributed by atoms with Gasteiger partial charge in [0.15, 0.2) is 0 Å². The Morgan fingerprint density at radius 1 is 1.00 bits per heavy atom. The molecule has 4 atom stereocenters. The van der Waals surface area contributed by atoms with Crippen LogP contribution in [0.3, 0.4) is 0 Å². The van der Waals surface area contributed by atoms with Gasteiger partial charge in [-0.15, -0.1) is 0 Å². The summed E-state index contributed by atoms with van der Waals surface area (Å²) in [5, 5.41) is 24.5. The van der Waals surface area contributed by atoms with Gasteiger partial charge in [0.25, 0.3) is 5.91 Å². The van der Waals surface area contributed by atoms with Gasteiger partial charge in [-0.25, -0.2) is 8.78 Å². The number of thioether (sulfide) groups is 1. The summed E-state index contributed by atoms with van der Waals surface area (Å²) < 4.78 is 74.4. The highest BCUT2D eigenvalue weighted by Gasteiger charge is 2.51. The first-order valence-electron chi connectivity index (χ1n) is 15.4. The van der Waals surface area contributed by atoms with Crippen LogP contribution in [-0.4, -0.2) is 59.4 Å². The average Bonchev–Trinajstić information content (AvgIpc) is 3.65. The number of fused-ring (bicyclic) bond motifs is 2. The molecule has 5 rings (SSSR count). The lowest BCUT2D eigenvalue weighted by Crippen LogP contribution is -2.48. The molecule has 2 aliphatic carbocycles. The molecule has 0 saturated heterocycles. The largest absolute Gasteiger partial charge is 0.496 e. The van der Waals surface area contributed by atoms with Crippen LogP contribution in [-0.2, 0) is 11.2 Å². The number of aliphatic hydroxyl groups is 2. The zero-order valence-corrected chi connectivity index (χ0v) is 26.8. The van der Waals surface area contributed by atoms with Crippen LogP contribution in [0.5, 0.6) is 5.75 Å². The SMILES string of the molecule is COc1cc(F)c(-c2ccc(CCC(N)(CO)CO)c(F)c2)cc1C(=O)NC1C2CCC(C2)C1C(=O)Nc1cccc(SC(F)(F)F)c1. The number of nitrogens with one attached hydrogen (secondary N) is 2. The Labute approximate surface area is 278 Å². The van der Waals surface area contributed by atoms with E-state index in [-0.39, 0.29) is 75.0 Å². The molecule has 2 aliphatic rings. The van der Waals surface area contributed by atoms with Crippen molar-refractivity contribution in [1.29, 1.82) is 0 Å². The molecule has 0 heterocycles. The van der Waals surface area contributed by atoms with E-state index in [0.717, 1.165) is 25.0 Å². The Bertz CT molecular complexity index is 1670. The highest BCUT2D eigenvalue weighted by molar-refractivity contribution is 8.00. The molecule has 6 N–H and O–H groups in total. The maximum absolute atomic E-state index is 15.3. The van der Waals surface area contributed by atoms with Gasteiger partial charge in [-0.2, -0.15) is 13.2 Å². The fraction of sp³-hybridized carbons (Fsp3) is 0.412. The van der Waals surface area contributed by atoms with Gasteiger partial charge in [-0.05, 0) is 97.2 Å². The van der Waals surface area contributed by atoms with E-state index in [1.807, 2.05) is 0 Å². The number of hydrogen-bond acceptors (Lipinski definition) is 7. The van der Waals surface area contributed by atoms with Gasteiger partial charge in [0, 0.05) is 28.3 Å². The predicted octanol–water partition coefficient (Wildman–Crippen LogP) is 5.65. The lowest BCUT2D eigenvalue weighted by molar-refractivity contribution is -0.122. The average molecular weight is 694 g/mol. The van der Waals surface area contributed by atoms with Crippen molar-refractivity contribution in [3.63, 3.8) is 0 Å². The molecule has 4 unspecified atom stereocenters. The Hall–Kier alpha value is -3.72.